The minimum absolute atomic E-state index is 0.119. The molecule has 0 radical (unpaired) electrons. The first kappa shape index (κ1) is 23.2. The topological polar surface area (TPSA) is 149 Å². The molecule has 35 heavy (non-hydrogen) atoms. The molecule has 0 aliphatic carbocycles. The average Bonchev–Trinajstić information content (AvgIpc) is 2.85. The van der Waals surface area contributed by atoms with E-state index in [2.05, 4.69) is 15.6 Å². The van der Waals surface area contributed by atoms with Gasteiger partial charge in [0.15, 0.2) is 0 Å². The van der Waals surface area contributed by atoms with Gasteiger partial charge >= 0.3 is 5.97 Å². The molecule has 0 unspecified atom stereocenters. The van der Waals surface area contributed by atoms with Gasteiger partial charge in [-0.1, -0.05) is 24.3 Å². The molecule has 4 aromatic rings. The molecule has 9 nitrogen and oxygen atoms in total. The van der Waals surface area contributed by atoms with Gasteiger partial charge in [0, 0.05) is 28.4 Å². The van der Waals surface area contributed by atoms with E-state index < -0.39 is 34.8 Å². The van der Waals surface area contributed by atoms with Gasteiger partial charge in [-0.15, -0.1) is 0 Å². The summed E-state index contributed by atoms with van der Waals surface area (Å²) in [7, 11) is 0. The number of carboxylic acids is 1. The van der Waals surface area contributed by atoms with Crippen molar-refractivity contribution < 1.29 is 24.6 Å². The third-order valence-corrected chi connectivity index (χ3v) is 5.47. The fraction of sp³-hybridized carbons (Fsp3) is 0.0769. The lowest BCUT2D eigenvalue weighted by atomic mass is 10.0. The number of aromatic carboxylic acids is 1. The number of anilines is 1. The molecule has 2 amide bonds. The standard InChI is InChI=1S/C26H21N3O6/c1-14(28-25(33)17-4-2-15(3-5-17)16-6-9-19(30)10-7-16)24(32)29-18-8-11-22-20(12-18)23(31)21(13-27-22)26(34)35/h2-14,30H,1H3,(H,27,31)(H,28,33)(H,29,32)(H,34,35)/t14-/m0/s1. The van der Waals surface area contributed by atoms with Crippen molar-refractivity contribution in [3.63, 3.8) is 0 Å². The Hall–Kier alpha value is -4.92. The monoisotopic (exact) mass is 471 g/mol. The number of benzene rings is 3. The number of aromatic hydroxyl groups is 1. The maximum atomic E-state index is 12.6. The molecule has 0 fully saturated rings. The van der Waals surface area contributed by atoms with E-state index in [9.17, 15) is 24.3 Å². The molecule has 0 saturated carbocycles. The Kier molecular flexibility index (Phi) is 6.32. The van der Waals surface area contributed by atoms with Gasteiger partial charge in [-0.3, -0.25) is 14.4 Å². The van der Waals surface area contributed by atoms with Crippen LogP contribution in [0.5, 0.6) is 5.75 Å². The number of rotatable bonds is 6. The molecule has 0 spiro atoms. The molecule has 0 bridgehead atoms. The van der Waals surface area contributed by atoms with E-state index in [4.69, 9.17) is 5.11 Å². The minimum Gasteiger partial charge on any atom is -0.508 e. The van der Waals surface area contributed by atoms with Crippen molar-refractivity contribution in [1.29, 1.82) is 0 Å². The van der Waals surface area contributed by atoms with Crippen molar-refractivity contribution in [3.8, 4) is 16.9 Å². The smallest absolute Gasteiger partial charge is 0.341 e. The molecule has 4 rings (SSSR count). The van der Waals surface area contributed by atoms with Gasteiger partial charge in [0.05, 0.1) is 0 Å². The van der Waals surface area contributed by atoms with E-state index in [0.717, 1.165) is 17.3 Å². The fourth-order valence-electron chi connectivity index (χ4n) is 3.52. The number of H-pyrrole nitrogens is 1. The molecule has 176 valence electrons. The second-order valence-electron chi connectivity index (χ2n) is 7.91. The molecule has 1 heterocycles. The quantitative estimate of drug-likeness (QED) is 0.291. The van der Waals surface area contributed by atoms with Crippen LogP contribution in [0, 0.1) is 0 Å². The van der Waals surface area contributed by atoms with Gasteiger partial charge in [0.2, 0.25) is 11.3 Å². The normalized spacial score (nSPS) is 11.6. The van der Waals surface area contributed by atoms with Gasteiger partial charge in [-0.05, 0) is 60.5 Å². The van der Waals surface area contributed by atoms with Crippen LogP contribution in [-0.2, 0) is 4.79 Å². The molecule has 9 heteroatoms. The second-order valence-corrected chi connectivity index (χ2v) is 7.91. The third-order valence-electron chi connectivity index (χ3n) is 5.47. The zero-order chi connectivity index (χ0) is 25.1. The molecule has 1 aromatic heterocycles. The summed E-state index contributed by atoms with van der Waals surface area (Å²) in [4.78, 5) is 51.6. The molecule has 3 aromatic carbocycles. The zero-order valence-corrected chi connectivity index (χ0v) is 18.5. The average molecular weight is 471 g/mol. The van der Waals surface area contributed by atoms with Crippen LogP contribution in [0.25, 0.3) is 22.0 Å². The first-order valence-corrected chi connectivity index (χ1v) is 10.6. The number of amides is 2. The van der Waals surface area contributed by atoms with E-state index in [1.807, 2.05) is 0 Å². The van der Waals surface area contributed by atoms with Crippen LogP contribution in [0.15, 0.2) is 77.7 Å². The van der Waals surface area contributed by atoms with Crippen LogP contribution in [0.4, 0.5) is 5.69 Å². The molecule has 5 N–H and O–H groups in total. The lowest BCUT2D eigenvalue weighted by molar-refractivity contribution is -0.117. The van der Waals surface area contributed by atoms with Gasteiger partial charge < -0.3 is 25.8 Å². The number of carbonyl (C=O) groups is 3. The predicted molar refractivity (Wildman–Crippen MR) is 131 cm³/mol. The fourth-order valence-corrected chi connectivity index (χ4v) is 3.52. The molecular formula is C26H21N3O6. The number of hydrogen-bond acceptors (Lipinski definition) is 5. The Morgan fingerprint density at radius 1 is 0.914 bits per heavy atom. The van der Waals surface area contributed by atoms with Crippen molar-refractivity contribution in [1.82, 2.24) is 10.3 Å². The molecule has 1 atom stereocenters. The van der Waals surface area contributed by atoms with Crippen LogP contribution in [0.3, 0.4) is 0 Å². The summed E-state index contributed by atoms with van der Waals surface area (Å²) in [6.07, 6.45) is 1.13. The maximum absolute atomic E-state index is 12.6. The number of pyridine rings is 1. The van der Waals surface area contributed by atoms with E-state index in [0.29, 0.717) is 11.1 Å². The SMILES string of the molecule is C[C@H](NC(=O)c1ccc(-c2ccc(O)cc2)cc1)C(=O)Nc1ccc2[nH]cc(C(=O)O)c(=O)c2c1. The third kappa shape index (κ3) is 5.03. The number of fused-ring (bicyclic) bond motifs is 1. The Bertz CT molecular complexity index is 1490. The van der Waals surface area contributed by atoms with E-state index >= 15 is 0 Å². The van der Waals surface area contributed by atoms with Crippen LogP contribution >= 0.6 is 0 Å². The Balaban J connectivity index is 1.43. The predicted octanol–water partition coefficient (Wildman–Crippen LogP) is 3.36. The first-order valence-electron chi connectivity index (χ1n) is 10.6. The molecular weight excluding hydrogens is 450 g/mol. The summed E-state index contributed by atoms with van der Waals surface area (Å²) in [6, 6.07) is 17.1. The Morgan fingerprint density at radius 3 is 2.17 bits per heavy atom. The minimum atomic E-state index is -1.35. The Morgan fingerprint density at radius 2 is 1.54 bits per heavy atom. The highest BCUT2D eigenvalue weighted by molar-refractivity contribution is 6.02. The van der Waals surface area contributed by atoms with Gasteiger partial charge in [0.25, 0.3) is 5.91 Å². The summed E-state index contributed by atoms with van der Waals surface area (Å²) in [5, 5.41) is 23.9. The summed E-state index contributed by atoms with van der Waals surface area (Å²) >= 11 is 0. The highest BCUT2D eigenvalue weighted by Gasteiger charge is 2.18. The van der Waals surface area contributed by atoms with Crippen LogP contribution in [0.2, 0.25) is 0 Å². The van der Waals surface area contributed by atoms with Crippen LogP contribution in [0.1, 0.15) is 27.6 Å². The number of hydrogen-bond donors (Lipinski definition) is 5. The zero-order valence-electron chi connectivity index (χ0n) is 18.5. The number of carbonyl (C=O) groups excluding carboxylic acids is 2. The van der Waals surface area contributed by atoms with Gasteiger partial charge in [0.1, 0.15) is 17.4 Å². The molecule has 0 aliphatic heterocycles. The van der Waals surface area contributed by atoms with Crippen molar-refractivity contribution in [3.05, 3.63) is 94.3 Å². The molecule has 0 aliphatic rings. The van der Waals surface area contributed by atoms with Gasteiger partial charge in [-0.2, -0.15) is 0 Å². The van der Waals surface area contributed by atoms with Crippen molar-refractivity contribution in [2.75, 3.05) is 5.32 Å². The number of nitrogens with one attached hydrogen (secondary N) is 3. The summed E-state index contributed by atoms with van der Waals surface area (Å²) < 4.78 is 0. The van der Waals surface area contributed by atoms with Crippen LogP contribution < -0.4 is 16.1 Å². The van der Waals surface area contributed by atoms with Crippen molar-refractivity contribution in [2.45, 2.75) is 13.0 Å². The highest BCUT2D eigenvalue weighted by atomic mass is 16.4. The van der Waals surface area contributed by atoms with Crippen LogP contribution in [-0.4, -0.2) is 39.0 Å². The van der Waals surface area contributed by atoms with Gasteiger partial charge in [-0.25, -0.2) is 4.79 Å². The number of carboxylic acid groups (broad SMARTS) is 1. The summed E-state index contributed by atoms with van der Waals surface area (Å²) in [5.41, 5.74) is 1.75. The number of phenolic OH excluding ortho intramolecular Hbond substituents is 1. The summed E-state index contributed by atoms with van der Waals surface area (Å²) in [6.45, 7) is 1.52. The second kappa shape index (κ2) is 9.52. The Labute approximate surface area is 199 Å². The van der Waals surface area contributed by atoms with Crippen molar-refractivity contribution >= 4 is 34.4 Å². The summed E-state index contributed by atoms with van der Waals surface area (Å²) in [5.74, 6) is -2.14. The largest absolute Gasteiger partial charge is 0.508 e. The van der Waals surface area contributed by atoms with E-state index in [1.165, 1.54) is 13.0 Å². The number of phenols is 1. The lowest BCUT2D eigenvalue weighted by Gasteiger charge is -2.15. The number of aromatic nitrogens is 1. The lowest BCUT2D eigenvalue weighted by Crippen LogP contribution is -2.41. The number of aromatic amines is 1. The van der Waals surface area contributed by atoms with Crippen molar-refractivity contribution in [2.24, 2.45) is 0 Å². The van der Waals surface area contributed by atoms with E-state index in [-0.39, 0.29) is 16.8 Å². The molecule has 0 saturated heterocycles. The maximum Gasteiger partial charge on any atom is 0.341 e. The first-order chi connectivity index (χ1) is 16.7. The highest BCUT2D eigenvalue weighted by Crippen LogP contribution is 2.22. The van der Waals surface area contributed by atoms with E-state index in [1.54, 1.807) is 60.7 Å².